The Morgan fingerprint density at radius 1 is 1.29 bits per heavy atom. The molecule has 0 bridgehead atoms. The summed E-state index contributed by atoms with van der Waals surface area (Å²) in [5.41, 5.74) is 0.892. The Morgan fingerprint density at radius 3 is 2.71 bits per heavy atom. The Bertz CT molecular complexity index is 333. The molecule has 1 rings (SSSR count). The van der Waals surface area contributed by atoms with Gasteiger partial charge in [-0.3, -0.25) is 0 Å². The van der Waals surface area contributed by atoms with Crippen LogP contribution in [-0.2, 0) is 16.1 Å². The highest BCUT2D eigenvalue weighted by atomic mass is 16.5. The van der Waals surface area contributed by atoms with Gasteiger partial charge in [-0.15, -0.1) is 0 Å². The summed E-state index contributed by atoms with van der Waals surface area (Å²) in [5.74, 6) is 0.913. The summed E-state index contributed by atoms with van der Waals surface area (Å²) in [6, 6.07) is 2.33. The zero-order valence-corrected chi connectivity index (χ0v) is 11.0. The molecule has 1 atom stereocenters. The number of nitrogens with zero attached hydrogens (tertiary/aromatic N) is 3. The van der Waals surface area contributed by atoms with Gasteiger partial charge in [0.2, 0.25) is 0 Å². The van der Waals surface area contributed by atoms with Crippen molar-refractivity contribution in [1.29, 1.82) is 0 Å². The van der Waals surface area contributed by atoms with Crippen molar-refractivity contribution < 1.29 is 9.47 Å². The first kappa shape index (κ1) is 13.9. The van der Waals surface area contributed by atoms with Gasteiger partial charge in [0.25, 0.3) is 0 Å². The lowest BCUT2D eigenvalue weighted by Crippen LogP contribution is -2.30. The minimum Gasteiger partial charge on any atom is -0.385 e. The van der Waals surface area contributed by atoms with Crippen molar-refractivity contribution in [1.82, 2.24) is 9.97 Å². The molecule has 0 saturated heterocycles. The van der Waals surface area contributed by atoms with Crippen LogP contribution in [0, 0.1) is 0 Å². The smallest absolute Gasteiger partial charge is 0.132 e. The van der Waals surface area contributed by atoms with Gasteiger partial charge in [-0.2, -0.15) is 0 Å². The third-order valence-corrected chi connectivity index (χ3v) is 2.76. The van der Waals surface area contributed by atoms with Crippen LogP contribution in [0.5, 0.6) is 0 Å². The third-order valence-electron chi connectivity index (χ3n) is 2.76. The van der Waals surface area contributed by atoms with Crippen LogP contribution in [0.2, 0.25) is 0 Å². The number of ether oxygens (including phenoxy) is 2. The number of hydrogen-bond donors (Lipinski definition) is 0. The first-order chi connectivity index (χ1) is 8.19. The second-order valence-electron chi connectivity index (χ2n) is 4.04. The van der Waals surface area contributed by atoms with E-state index >= 15 is 0 Å². The Labute approximate surface area is 103 Å². The van der Waals surface area contributed by atoms with Crippen LogP contribution in [0.25, 0.3) is 0 Å². The quantitative estimate of drug-likeness (QED) is 0.721. The zero-order chi connectivity index (χ0) is 12.7. The molecule has 0 fully saturated rings. The highest BCUT2D eigenvalue weighted by Crippen LogP contribution is 2.14. The van der Waals surface area contributed by atoms with Crippen LogP contribution in [0.1, 0.15) is 19.0 Å². The Morgan fingerprint density at radius 2 is 2.06 bits per heavy atom. The van der Waals surface area contributed by atoms with Crippen LogP contribution in [0.15, 0.2) is 12.4 Å². The molecule has 5 nitrogen and oxygen atoms in total. The zero-order valence-electron chi connectivity index (χ0n) is 11.0. The minimum absolute atomic E-state index is 0.375. The molecule has 0 amide bonds. The largest absolute Gasteiger partial charge is 0.385 e. The average Bonchev–Trinajstić information content (AvgIpc) is 2.35. The molecule has 1 unspecified atom stereocenters. The molecule has 96 valence electrons. The lowest BCUT2D eigenvalue weighted by molar-refractivity contribution is 0.181. The van der Waals surface area contributed by atoms with E-state index in [0.29, 0.717) is 12.6 Å². The highest BCUT2D eigenvalue weighted by Gasteiger charge is 2.11. The number of hydrogen-bond acceptors (Lipinski definition) is 5. The van der Waals surface area contributed by atoms with Crippen molar-refractivity contribution >= 4 is 5.82 Å². The topological polar surface area (TPSA) is 47.5 Å². The molecule has 17 heavy (non-hydrogen) atoms. The SMILES string of the molecule is COCCC(C)N(C)c1cc(COC)ncn1. The maximum absolute atomic E-state index is 5.08. The third kappa shape index (κ3) is 4.28. The number of aromatic nitrogens is 2. The van der Waals surface area contributed by atoms with E-state index in [2.05, 4.69) is 21.8 Å². The summed E-state index contributed by atoms with van der Waals surface area (Å²) in [5, 5.41) is 0. The summed E-state index contributed by atoms with van der Waals surface area (Å²) in [7, 11) is 5.40. The predicted octanol–water partition coefficient (Wildman–Crippen LogP) is 1.48. The summed E-state index contributed by atoms with van der Waals surface area (Å²) in [6.07, 6.45) is 2.54. The summed E-state index contributed by atoms with van der Waals surface area (Å²) >= 11 is 0. The van der Waals surface area contributed by atoms with Gasteiger partial charge in [0.05, 0.1) is 12.3 Å². The van der Waals surface area contributed by atoms with E-state index in [1.54, 1.807) is 20.5 Å². The van der Waals surface area contributed by atoms with Gasteiger partial charge in [-0.05, 0) is 13.3 Å². The van der Waals surface area contributed by atoms with E-state index < -0.39 is 0 Å². The fraction of sp³-hybridized carbons (Fsp3) is 0.667. The molecule has 0 aromatic carbocycles. The van der Waals surface area contributed by atoms with Gasteiger partial charge in [0, 0.05) is 40.0 Å². The molecule has 0 radical (unpaired) electrons. The maximum Gasteiger partial charge on any atom is 0.132 e. The van der Waals surface area contributed by atoms with E-state index in [0.717, 1.165) is 24.5 Å². The standard InChI is InChI=1S/C12H21N3O2/c1-10(5-6-16-3)15(2)12-7-11(8-17-4)13-9-14-12/h7,9-10H,5-6,8H2,1-4H3. The molecule has 0 aliphatic heterocycles. The number of methoxy groups -OCH3 is 2. The number of anilines is 1. The van der Waals surface area contributed by atoms with Crippen molar-refractivity contribution in [2.75, 3.05) is 32.8 Å². The molecular formula is C12H21N3O2. The van der Waals surface area contributed by atoms with Gasteiger partial charge in [0.1, 0.15) is 12.1 Å². The van der Waals surface area contributed by atoms with E-state index in [1.807, 2.05) is 13.1 Å². The number of rotatable bonds is 7. The molecule has 0 saturated carbocycles. The maximum atomic E-state index is 5.08. The average molecular weight is 239 g/mol. The molecule has 1 heterocycles. The van der Waals surface area contributed by atoms with E-state index in [4.69, 9.17) is 9.47 Å². The van der Waals surface area contributed by atoms with Crippen LogP contribution < -0.4 is 4.90 Å². The van der Waals surface area contributed by atoms with Gasteiger partial charge >= 0.3 is 0 Å². The molecule has 0 aliphatic carbocycles. The summed E-state index contributed by atoms with van der Waals surface area (Å²) in [4.78, 5) is 10.5. The van der Waals surface area contributed by atoms with Crippen molar-refractivity contribution in [3.63, 3.8) is 0 Å². The van der Waals surface area contributed by atoms with Gasteiger partial charge in [-0.1, -0.05) is 0 Å². The predicted molar refractivity (Wildman–Crippen MR) is 67.1 cm³/mol. The monoisotopic (exact) mass is 239 g/mol. The second kappa shape index (κ2) is 7.19. The van der Waals surface area contributed by atoms with E-state index in [9.17, 15) is 0 Å². The molecule has 5 heteroatoms. The van der Waals surface area contributed by atoms with Gasteiger partial charge in [-0.25, -0.2) is 9.97 Å². The van der Waals surface area contributed by atoms with Crippen molar-refractivity contribution in [2.45, 2.75) is 26.0 Å². The van der Waals surface area contributed by atoms with Gasteiger partial charge in [0.15, 0.2) is 0 Å². The summed E-state index contributed by atoms with van der Waals surface area (Å²) < 4.78 is 10.1. The Hall–Kier alpha value is -1.20. The van der Waals surface area contributed by atoms with Crippen molar-refractivity contribution in [3.8, 4) is 0 Å². The molecule has 1 aromatic rings. The van der Waals surface area contributed by atoms with E-state index in [-0.39, 0.29) is 0 Å². The molecule has 0 N–H and O–H groups in total. The van der Waals surface area contributed by atoms with Crippen LogP contribution in [-0.4, -0.2) is 43.9 Å². The second-order valence-corrected chi connectivity index (χ2v) is 4.04. The fourth-order valence-corrected chi connectivity index (χ4v) is 1.51. The molecule has 0 aliphatic rings. The first-order valence-electron chi connectivity index (χ1n) is 5.70. The lowest BCUT2D eigenvalue weighted by Gasteiger charge is -2.25. The molecule has 0 spiro atoms. The van der Waals surface area contributed by atoms with Crippen LogP contribution >= 0.6 is 0 Å². The van der Waals surface area contributed by atoms with E-state index in [1.165, 1.54) is 0 Å². The summed E-state index contributed by atoms with van der Waals surface area (Å²) in [6.45, 7) is 3.41. The Kier molecular flexibility index (Phi) is 5.86. The highest BCUT2D eigenvalue weighted by molar-refractivity contribution is 5.38. The molecular weight excluding hydrogens is 218 g/mol. The normalized spacial score (nSPS) is 12.5. The van der Waals surface area contributed by atoms with Crippen molar-refractivity contribution in [3.05, 3.63) is 18.1 Å². The minimum atomic E-state index is 0.375. The fourth-order valence-electron chi connectivity index (χ4n) is 1.51. The van der Waals surface area contributed by atoms with Crippen LogP contribution in [0.4, 0.5) is 5.82 Å². The van der Waals surface area contributed by atoms with Gasteiger partial charge < -0.3 is 14.4 Å². The van der Waals surface area contributed by atoms with Crippen molar-refractivity contribution in [2.24, 2.45) is 0 Å². The molecule has 1 aromatic heterocycles. The first-order valence-corrected chi connectivity index (χ1v) is 5.70. The lowest BCUT2D eigenvalue weighted by atomic mass is 10.2. The Balaban J connectivity index is 2.66. The van der Waals surface area contributed by atoms with Crippen LogP contribution in [0.3, 0.4) is 0 Å².